The Morgan fingerprint density at radius 1 is 1.06 bits per heavy atom. The third kappa shape index (κ3) is 4.35. The highest BCUT2D eigenvalue weighted by Crippen LogP contribution is 2.11. The summed E-state index contributed by atoms with van der Waals surface area (Å²) in [5.74, 6) is 0. The van der Waals surface area contributed by atoms with E-state index in [1.54, 1.807) is 0 Å². The van der Waals surface area contributed by atoms with Gasteiger partial charge in [-0.3, -0.25) is 0 Å². The summed E-state index contributed by atoms with van der Waals surface area (Å²) in [4.78, 5) is 0. The molecule has 17 heavy (non-hydrogen) atoms. The molecule has 0 aliphatic rings. The highest BCUT2D eigenvalue weighted by molar-refractivity contribution is 5.14. The number of likely N-dealkylation sites (N-methyl/N-ethyl adjacent to an activating group) is 1. The number of hydrogen-bond acceptors (Lipinski definition) is 0. The Balaban J connectivity index is 2.57. The fourth-order valence-electron chi connectivity index (χ4n) is 2.34. The fourth-order valence-corrected chi connectivity index (χ4v) is 2.34. The molecule has 0 bridgehead atoms. The third-order valence-electron chi connectivity index (χ3n) is 3.87. The fraction of sp³-hybridized carbons (Fsp3) is 0.500. The van der Waals surface area contributed by atoms with E-state index in [0.717, 1.165) is 6.42 Å². The second-order valence-electron chi connectivity index (χ2n) is 4.73. The molecule has 1 aromatic carbocycles. The second-order valence-corrected chi connectivity index (χ2v) is 4.73. The number of hydrogen-bond donors (Lipinski definition) is 0. The van der Waals surface area contributed by atoms with Crippen LogP contribution in [-0.2, 0) is 6.42 Å². The van der Waals surface area contributed by atoms with Crippen LogP contribution in [-0.4, -0.2) is 30.7 Å². The molecule has 1 aromatic rings. The molecular formula is C16H26N+. The van der Waals surface area contributed by atoms with E-state index >= 15 is 0 Å². The van der Waals surface area contributed by atoms with Gasteiger partial charge in [0, 0.05) is 12.8 Å². The molecule has 0 aromatic heterocycles. The molecule has 0 atom stereocenters. The van der Waals surface area contributed by atoms with Gasteiger partial charge in [0.15, 0.2) is 0 Å². The molecule has 94 valence electrons. The van der Waals surface area contributed by atoms with Crippen molar-refractivity contribution in [3.05, 3.63) is 48.6 Å². The van der Waals surface area contributed by atoms with Crippen molar-refractivity contribution in [1.29, 1.82) is 0 Å². The molecule has 0 spiro atoms. The summed E-state index contributed by atoms with van der Waals surface area (Å²) in [5, 5.41) is 0. The molecule has 1 nitrogen and oxygen atoms in total. The first-order valence-electron chi connectivity index (χ1n) is 6.76. The molecular weight excluding hydrogens is 206 g/mol. The van der Waals surface area contributed by atoms with E-state index in [9.17, 15) is 0 Å². The second kappa shape index (κ2) is 7.29. The molecule has 0 N–H and O–H groups in total. The summed E-state index contributed by atoms with van der Waals surface area (Å²) >= 11 is 0. The number of quaternary nitrogens is 1. The maximum atomic E-state index is 3.84. The molecule has 1 heteroatoms. The molecule has 0 unspecified atom stereocenters. The number of rotatable bonds is 8. The van der Waals surface area contributed by atoms with Gasteiger partial charge in [-0.25, -0.2) is 0 Å². The Kier molecular flexibility index (Phi) is 5.99. The van der Waals surface area contributed by atoms with Gasteiger partial charge in [-0.15, -0.1) is 6.58 Å². The van der Waals surface area contributed by atoms with Gasteiger partial charge in [0.2, 0.25) is 0 Å². The standard InChI is InChI=1S/C16H26N/c1-4-7-14-17(5-2,6-3)15-13-16-11-9-8-10-12-16/h4,8-12H,1,5-7,13-15H2,2-3H3/q+1. The van der Waals surface area contributed by atoms with Crippen LogP contribution >= 0.6 is 0 Å². The van der Waals surface area contributed by atoms with Crippen LogP contribution < -0.4 is 0 Å². The lowest BCUT2D eigenvalue weighted by atomic mass is 10.1. The van der Waals surface area contributed by atoms with Gasteiger partial charge in [0.1, 0.15) is 0 Å². The molecule has 0 aliphatic heterocycles. The average molecular weight is 232 g/mol. The summed E-state index contributed by atoms with van der Waals surface area (Å²) in [6.45, 7) is 13.4. The van der Waals surface area contributed by atoms with E-state index < -0.39 is 0 Å². The minimum atomic E-state index is 1.12. The van der Waals surface area contributed by atoms with E-state index in [4.69, 9.17) is 0 Å². The molecule has 0 amide bonds. The lowest BCUT2D eigenvalue weighted by molar-refractivity contribution is -0.924. The first kappa shape index (κ1) is 14.0. The van der Waals surface area contributed by atoms with Crippen LogP contribution in [0.4, 0.5) is 0 Å². The van der Waals surface area contributed by atoms with Crippen LogP contribution in [0.2, 0.25) is 0 Å². The van der Waals surface area contributed by atoms with Crippen molar-refractivity contribution in [2.45, 2.75) is 26.7 Å². The van der Waals surface area contributed by atoms with Crippen molar-refractivity contribution in [2.24, 2.45) is 0 Å². The maximum absolute atomic E-state index is 3.84. The van der Waals surface area contributed by atoms with E-state index in [2.05, 4.69) is 50.8 Å². The van der Waals surface area contributed by atoms with Crippen molar-refractivity contribution < 1.29 is 4.48 Å². The molecule has 0 saturated carbocycles. The van der Waals surface area contributed by atoms with Crippen molar-refractivity contribution >= 4 is 0 Å². The molecule has 0 saturated heterocycles. The largest absolute Gasteiger partial charge is 0.324 e. The van der Waals surface area contributed by atoms with Gasteiger partial charge in [0.05, 0.1) is 26.2 Å². The Hall–Kier alpha value is -1.08. The van der Waals surface area contributed by atoms with Crippen LogP contribution in [0.3, 0.4) is 0 Å². The van der Waals surface area contributed by atoms with Crippen molar-refractivity contribution in [3.63, 3.8) is 0 Å². The van der Waals surface area contributed by atoms with Gasteiger partial charge in [-0.05, 0) is 19.4 Å². The smallest absolute Gasteiger partial charge is 0.0827 e. The van der Waals surface area contributed by atoms with E-state index in [1.807, 2.05) is 6.08 Å². The minimum absolute atomic E-state index is 1.12. The predicted octanol–water partition coefficient (Wildman–Crippen LogP) is 3.66. The van der Waals surface area contributed by atoms with Crippen molar-refractivity contribution in [1.82, 2.24) is 0 Å². The van der Waals surface area contributed by atoms with Gasteiger partial charge < -0.3 is 4.48 Å². The first-order chi connectivity index (χ1) is 8.26. The zero-order valence-corrected chi connectivity index (χ0v) is 11.4. The highest BCUT2D eigenvalue weighted by atomic mass is 15.3. The summed E-state index contributed by atoms with van der Waals surface area (Å²) in [7, 11) is 0. The lowest BCUT2D eigenvalue weighted by Gasteiger charge is -2.36. The van der Waals surface area contributed by atoms with E-state index in [0.29, 0.717) is 0 Å². The molecule has 0 aliphatic carbocycles. The average Bonchev–Trinajstić information content (AvgIpc) is 2.41. The maximum Gasteiger partial charge on any atom is 0.0827 e. The lowest BCUT2D eigenvalue weighted by Crippen LogP contribution is -2.49. The summed E-state index contributed by atoms with van der Waals surface area (Å²) in [6.07, 6.45) is 4.34. The normalized spacial score (nSPS) is 11.4. The van der Waals surface area contributed by atoms with Crippen LogP contribution in [0.15, 0.2) is 43.0 Å². The van der Waals surface area contributed by atoms with Gasteiger partial charge in [0.25, 0.3) is 0 Å². The molecule has 0 radical (unpaired) electrons. The van der Waals surface area contributed by atoms with Gasteiger partial charge in [-0.2, -0.15) is 0 Å². The van der Waals surface area contributed by atoms with Crippen molar-refractivity contribution in [3.8, 4) is 0 Å². The third-order valence-corrected chi connectivity index (χ3v) is 3.87. The predicted molar refractivity (Wildman–Crippen MR) is 76.0 cm³/mol. The van der Waals surface area contributed by atoms with Crippen molar-refractivity contribution in [2.75, 3.05) is 26.2 Å². The minimum Gasteiger partial charge on any atom is -0.324 e. The van der Waals surface area contributed by atoms with Crippen LogP contribution in [0.1, 0.15) is 25.8 Å². The topological polar surface area (TPSA) is 0 Å². The summed E-state index contributed by atoms with van der Waals surface area (Å²) in [6, 6.07) is 10.8. The Bertz CT molecular complexity index is 312. The van der Waals surface area contributed by atoms with E-state index in [1.165, 1.54) is 42.6 Å². The molecule has 0 heterocycles. The SMILES string of the molecule is C=CCC[N+](CC)(CC)CCc1ccccc1. The van der Waals surface area contributed by atoms with Crippen LogP contribution in [0.5, 0.6) is 0 Å². The molecule has 0 fully saturated rings. The number of nitrogens with zero attached hydrogens (tertiary/aromatic N) is 1. The molecule has 1 rings (SSSR count). The van der Waals surface area contributed by atoms with Gasteiger partial charge in [-0.1, -0.05) is 36.4 Å². The monoisotopic (exact) mass is 232 g/mol. The van der Waals surface area contributed by atoms with Gasteiger partial charge >= 0.3 is 0 Å². The zero-order chi connectivity index (χ0) is 12.6. The summed E-state index contributed by atoms with van der Waals surface area (Å²) < 4.78 is 1.21. The highest BCUT2D eigenvalue weighted by Gasteiger charge is 2.21. The summed E-state index contributed by atoms with van der Waals surface area (Å²) in [5.41, 5.74) is 1.45. The Labute approximate surface area is 106 Å². The zero-order valence-electron chi connectivity index (χ0n) is 11.4. The quantitative estimate of drug-likeness (QED) is 0.474. The Morgan fingerprint density at radius 2 is 1.71 bits per heavy atom. The number of benzene rings is 1. The first-order valence-corrected chi connectivity index (χ1v) is 6.76. The van der Waals surface area contributed by atoms with E-state index in [-0.39, 0.29) is 0 Å². The van der Waals surface area contributed by atoms with Crippen LogP contribution in [0.25, 0.3) is 0 Å². The van der Waals surface area contributed by atoms with Crippen LogP contribution in [0, 0.1) is 0 Å². The Morgan fingerprint density at radius 3 is 2.24 bits per heavy atom.